The molecule has 0 aliphatic rings. The molecule has 0 bridgehead atoms. The van der Waals surface area contributed by atoms with Crippen LogP contribution >= 0.6 is 11.6 Å². The van der Waals surface area contributed by atoms with E-state index in [1.807, 2.05) is 6.92 Å². The topological polar surface area (TPSA) is 66.5 Å². The molecule has 2 aromatic rings. The van der Waals surface area contributed by atoms with E-state index in [1.165, 1.54) is 0 Å². The lowest BCUT2D eigenvalue weighted by Crippen LogP contribution is -2.02. The van der Waals surface area contributed by atoms with E-state index in [0.717, 1.165) is 6.54 Å². The molecule has 0 fully saturated rings. The fourth-order valence-corrected chi connectivity index (χ4v) is 1.25. The largest absolute Gasteiger partial charge is 0.354 e. The van der Waals surface area contributed by atoms with E-state index in [4.69, 9.17) is 11.6 Å². The van der Waals surface area contributed by atoms with Crippen LogP contribution in [0.2, 0.25) is 5.15 Å². The van der Waals surface area contributed by atoms with Gasteiger partial charge in [-0.05, 0) is 6.92 Å². The first-order valence-corrected chi connectivity index (χ1v) is 4.29. The van der Waals surface area contributed by atoms with Crippen LogP contribution in [0.25, 0.3) is 11.2 Å². The van der Waals surface area contributed by atoms with E-state index >= 15 is 0 Å². The molecule has 0 saturated heterocycles. The van der Waals surface area contributed by atoms with Gasteiger partial charge in [-0.2, -0.15) is 9.97 Å². The molecule has 0 aliphatic carbocycles. The molecule has 0 atom stereocenters. The molecular weight excluding hydrogens is 190 g/mol. The van der Waals surface area contributed by atoms with Gasteiger partial charge in [-0.25, -0.2) is 4.98 Å². The Hall–Kier alpha value is -1.36. The van der Waals surface area contributed by atoms with Crippen molar-refractivity contribution in [2.75, 3.05) is 11.9 Å². The Balaban J connectivity index is 2.56. The van der Waals surface area contributed by atoms with Crippen LogP contribution in [0.4, 0.5) is 5.95 Å². The van der Waals surface area contributed by atoms with Gasteiger partial charge in [-0.15, -0.1) is 0 Å². The third kappa shape index (κ3) is 1.42. The third-order valence-corrected chi connectivity index (χ3v) is 1.85. The Bertz CT molecular complexity index is 424. The smallest absolute Gasteiger partial charge is 0.226 e. The molecular formula is C7H8ClN5. The second-order valence-corrected chi connectivity index (χ2v) is 2.83. The molecule has 0 aromatic carbocycles. The molecule has 5 nitrogen and oxygen atoms in total. The van der Waals surface area contributed by atoms with Gasteiger partial charge in [0.15, 0.2) is 10.8 Å². The molecule has 0 saturated carbocycles. The van der Waals surface area contributed by atoms with Crippen molar-refractivity contribution < 1.29 is 0 Å². The molecule has 0 radical (unpaired) electrons. The Morgan fingerprint density at radius 3 is 3.15 bits per heavy atom. The molecule has 0 amide bonds. The zero-order chi connectivity index (χ0) is 9.26. The standard InChI is InChI=1S/C7H8ClN5/c1-2-9-7-12-5(8)4-6(13-7)11-3-10-4/h3H,2H2,1H3,(H2,9,10,11,12,13). The summed E-state index contributed by atoms with van der Waals surface area (Å²) in [5.41, 5.74) is 1.25. The van der Waals surface area contributed by atoms with Gasteiger partial charge in [0, 0.05) is 6.54 Å². The molecule has 6 heteroatoms. The summed E-state index contributed by atoms with van der Waals surface area (Å²) < 4.78 is 0. The van der Waals surface area contributed by atoms with E-state index in [0.29, 0.717) is 22.3 Å². The van der Waals surface area contributed by atoms with Crippen LogP contribution in [0, 0.1) is 0 Å². The predicted octanol–water partition coefficient (Wildman–Crippen LogP) is 1.44. The van der Waals surface area contributed by atoms with Crippen molar-refractivity contribution in [1.29, 1.82) is 0 Å². The number of H-pyrrole nitrogens is 1. The average molecular weight is 198 g/mol. The van der Waals surface area contributed by atoms with Crippen molar-refractivity contribution in [2.24, 2.45) is 0 Å². The summed E-state index contributed by atoms with van der Waals surface area (Å²) >= 11 is 5.88. The molecule has 2 rings (SSSR count). The van der Waals surface area contributed by atoms with Crippen molar-refractivity contribution in [3.05, 3.63) is 11.5 Å². The molecule has 0 unspecified atom stereocenters. The van der Waals surface area contributed by atoms with Gasteiger partial charge in [0.25, 0.3) is 0 Å². The van der Waals surface area contributed by atoms with Crippen molar-refractivity contribution in [3.63, 3.8) is 0 Å². The number of hydrogen-bond donors (Lipinski definition) is 2. The summed E-state index contributed by atoms with van der Waals surface area (Å²) in [5, 5.41) is 3.36. The Morgan fingerprint density at radius 1 is 1.54 bits per heavy atom. The van der Waals surface area contributed by atoms with E-state index in [1.54, 1.807) is 6.33 Å². The maximum absolute atomic E-state index is 5.88. The number of imidazole rings is 1. The first-order chi connectivity index (χ1) is 6.31. The summed E-state index contributed by atoms with van der Waals surface area (Å²) in [4.78, 5) is 15.0. The number of rotatable bonds is 2. The molecule has 68 valence electrons. The summed E-state index contributed by atoms with van der Waals surface area (Å²) in [7, 11) is 0. The number of nitrogens with zero attached hydrogens (tertiary/aromatic N) is 3. The summed E-state index contributed by atoms with van der Waals surface area (Å²) in [5.74, 6) is 0.507. The number of aromatic amines is 1. The van der Waals surface area contributed by atoms with Crippen molar-refractivity contribution in [2.45, 2.75) is 6.92 Å². The lowest BCUT2D eigenvalue weighted by atomic mass is 10.5. The number of hydrogen-bond acceptors (Lipinski definition) is 4. The van der Waals surface area contributed by atoms with Crippen LogP contribution in [0.1, 0.15) is 6.92 Å². The molecule has 0 spiro atoms. The first kappa shape index (κ1) is 8.25. The van der Waals surface area contributed by atoms with E-state index in [-0.39, 0.29) is 0 Å². The average Bonchev–Trinajstić information content (AvgIpc) is 2.53. The van der Waals surface area contributed by atoms with Crippen molar-refractivity contribution in [1.82, 2.24) is 19.9 Å². The Morgan fingerprint density at radius 2 is 2.38 bits per heavy atom. The minimum Gasteiger partial charge on any atom is -0.354 e. The van der Waals surface area contributed by atoms with Crippen LogP contribution in [0.5, 0.6) is 0 Å². The van der Waals surface area contributed by atoms with Gasteiger partial charge in [-0.3, -0.25) is 0 Å². The zero-order valence-electron chi connectivity index (χ0n) is 7.00. The minimum atomic E-state index is 0.387. The fraction of sp³-hybridized carbons (Fsp3) is 0.286. The highest BCUT2D eigenvalue weighted by Gasteiger charge is 2.06. The number of halogens is 1. The second-order valence-electron chi connectivity index (χ2n) is 2.47. The van der Waals surface area contributed by atoms with Crippen LogP contribution < -0.4 is 5.32 Å². The van der Waals surface area contributed by atoms with Gasteiger partial charge >= 0.3 is 0 Å². The minimum absolute atomic E-state index is 0.387. The number of anilines is 1. The maximum Gasteiger partial charge on any atom is 0.226 e. The number of aromatic nitrogens is 4. The van der Waals surface area contributed by atoms with Gasteiger partial charge in [0.05, 0.1) is 6.33 Å². The van der Waals surface area contributed by atoms with E-state index in [9.17, 15) is 0 Å². The van der Waals surface area contributed by atoms with Crippen molar-refractivity contribution in [3.8, 4) is 0 Å². The molecule has 2 aromatic heterocycles. The number of fused-ring (bicyclic) bond motifs is 1. The Kier molecular flexibility index (Phi) is 2.02. The van der Waals surface area contributed by atoms with Crippen LogP contribution in [-0.4, -0.2) is 26.5 Å². The van der Waals surface area contributed by atoms with Gasteiger partial charge in [-0.1, -0.05) is 11.6 Å². The predicted molar refractivity (Wildman–Crippen MR) is 50.9 cm³/mol. The molecule has 2 N–H and O–H groups in total. The van der Waals surface area contributed by atoms with E-state index < -0.39 is 0 Å². The zero-order valence-corrected chi connectivity index (χ0v) is 7.76. The molecule has 2 heterocycles. The second kappa shape index (κ2) is 3.18. The summed E-state index contributed by atoms with van der Waals surface area (Å²) in [6, 6.07) is 0. The maximum atomic E-state index is 5.88. The van der Waals surface area contributed by atoms with Crippen LogP contribution in [0.15, 0.2) is 6.33 Å². The van der Waals surface area contributed by atoms with Crippen LogP contribution in [0.3, 0.4) is 0 Å². The summed E-state index contributed by atoms with van der Waals surface area (Å²) in [6.45, 7) is 2.72. The van der Waals surface area contributed by atoms with Gasteiger partial charge in [0.1, 0.15) is 5.52 Å². The number of nitrogens with one attached hydrogen (secondary N) is 2. The fourth-order valence-electron chi connectivity index (χ4n) is 1.04. The first-order valence-electron chi connectivity index (χ1n) is 3.91. The SMILES string of the molecule is CCNc1nc(Cl)c2[nH]cnc2n1. The summed E-state index contributed by atoms with van der Waals surface area (Å²) in [6.07, 6.45) is 1.54. The quantitative estimate of drug-likeness (QED) is 0.715. The highest BCUT2D eigenvalue weighted by Crippen LogP contribution is 2.17. The van der Waals surface area contributed by atoms with Crippen LogP contribution in [-0.2, 0) is 0 Å². The van der Waals surface area contributed by atoms with Crippen molar-refractivity contribution >= 4 is 28.7 Å². The third-order valence-electron chi connectivity index (χ3n) is 1.58. The highest BCUT2D eigenvalue weighted by molar-refractivity contribution is 6.33. The van der Waals surface area contributed by atoms with E-state index in [2.05, 4.69) is 25.3 Å². The Labute approximate surface area is 79.6 Å². The highest BCUT2D eigenvalue weighted by atomic mass is 35.5. The van der Waals surface area contributed by atoms with Gasteiger partial charge < -0.3 is 10.3 Å². The molecule has 13 heavy (non-hydrogen) atoms. The normalized spacial score (nSPS) is 10.6. The molecule has 0 aliphatic heterocycles. The lowest BCUT2D eigenvalue weighted by Gasteiger charge is -2.00. The lowest BCUT2D eigenvalue weighted by molar-refractivity contribution is 1.10. The monoisotopic (exact) mass is 197 g/mol. The van der Waals surface area contributed by atoms with Gasteiger partial charge in [0.2, 0.25) is 5.95 Å².